The molecule has 2 heteroatoms. The monoisotopic (exact) mass is 199 g/mol. The van der Waals surface area contributed by atoms with Gasteiger partial charge in [-0.05, 0) is 36.8 Å². The first-order valence-corrected chi connectivity index (χ1v) is 4.88. The Kier molecular flexibility index (Phi) is 2.68. The predicted molar refractivity (Wildman–Crippen MR) is 62.1 cm³/mol. The first-order chi connectivity index (χ1) is 7.27. The van der Waals surface area contributed by atoms with E-state index in [1.807, 2.05) is 37.3 Å². The van der Waals surface area contributed by atoms with Crippen LogP contribution >= 0.6 is 0 Å². The van der Waals surface area contributed by atoms with Crippen LogP contribution in [0.25, 0.3) is 10.9 Å². The van der Waals surface area contributed by atoms with Crippen molar-refractivity contribution in [3.63, 3.8) is 0 Å². The third-order valence-corrected chi connectivity index (χ3v) is 2.08. The fourth-order valence-electron chi connectivity index (χ4n) is 1.40. The highest BCUT2D eigenvalue weighted by Gasteiger charge is 2.01. The van der Waals surface area contributed by atoms with Gasteiger partial charge in [0.05, 0.1) is 5.52 Å². The summed E-state index contributed by atoms with van der Waals surface area (Å²) in [7, 11) is 0. The molecule has 1 heterocycles. The summed E-state index contributed by atoms with van der Waals surface area (Å²) in [5.41, 5.74) is 1.97. The molecule has 2 nitrogen and oxygen atoms in total. The summed E-state index contributed by atoms with van der Waals surface area (Å²) >= 11 is 0. The lowest BCUT2D eigenvalue weighted by Crippen LogP contribution is -1.98. The van der Waals surface area contributed by atoms with E-state index in [0.29, 0.717) is 6.61 Å². The van der Waals surface area contributed by atoms with Gasteiger partial charge in [-0.15, -0.1) is 0 Å². The van der Waals surface area contributed by atoms with Gasteiger partial charge in [-0.25, -0.2) is 0 Å². The van der Waals surface area contributed by atoms with Crippen molar-refractivity contribution in [1.29, 1.82) is 0 Å². The summed E-state index contributed by atoms with van der Waals surface area (Å²) in [6.45, 7) is 6.31. The number of ether oxygens (including phenoxy) is 1. The number of aromatic nitrogens is 1. The van der Waals surface area contributed by atoms with Crippen molar-refractivity contribution in [2.45, 2.75) is 6.92 Å². The van der Waals surface area contributed by atoms with Gasteiger partial charge in [-0.3, -0.25) is 4.98 Å². The zero-order valence-corrected chi connectivity index (χ0v) is 8.73. The van der Waals surface area contributed by atoms with E-state index < -0.39 is 0 Å². The Morgan fingerprint density at radius 2 is 2.20 bits per heavy atom. The summed E-state index contributed by atoms with van der Waals surface area (Å²) in [5.74, 6) is 0.864. The number of fused-ring (bicyclic) bond motifs is 1. The average molecular weight is 199 g/mol. The van der Waals surface area contributed by atoms with Gasteiger partial charge in [0.15, 0.2) is 0 Å². The van der Waals surface area contributed by atoms with Crippen LogP contribution in [0.1, 0.15) is 6.92 Å². The van der Waals surface area contributed by atoms with E-state index in [4.69, 9.17) is 4.74 Å². The van der Waals surface area contributed by atoms with E-state index in [1.165, 1.54) is 0 Å². The summed E-state index contributed by atoms with van der Waals surface area (Å²) in [5, 5.41) is 1.04. The lowest BCUT2D eigenvalue weighted by Gasteiger charge is -2.08. The first kappa shape index (κ1) is 9.71. The molecule has 0 N–H and O–H groups in total. The minimum Gasteiger partial charge on any atom is -0.489 e. The topological polar surface area (TPSA) is 22.1 Å². The fraction of sp³-hybridized carbons (Fsp3) is 0.154. The maximum atomic E-state index is 5.64. The van der Waals surface area contributed by atoms with E-state index in [-0.39, 0.29) is 0 Å². The number of benzene rings is 1. The molecule has 0 aliphatic rings. The van der Waals surface area contributed by atoms with Crippen LogP contribution in [0.5, 0.6) is 5.75 Å². The van der Waals surface area contributed by atoms with Gasteiger partial charge in [-0.1, -0.05) is 12.6 Å². The van der Waals surface area contributed by atoms with Crippen molar-refractivity contribution >= 4 is 10.9 Å². The van der Waals surface area contributed by atoms with Crippen molar-refractivity contribution < 1.29 is 4.74 Å². The Labute approximate surface area is 89.2 Å². The van der Waals surface area contributed by atoms with Crippen molar-refractivity contribution in [1.82, 2.24) is 4.98 Å². The molecule has 0 unspecified atom stereocenters. The lowest BCUT2D eigenvalue weighted by molar-refractivity contribution is 0.357. The molecule has 0 aliphatic heterocycles. The summed E-state index contributed by atoms with van der Waals surface area (Å²) < 4.78 is 5.64. The minimum atomic E-state index is 0.550. The molecule has 0 saturated heterocycles. The molecule has 1 aromatic carbocycles. The Hall–Kier alpha value is -1.83. The van der Waals surface area contributed by atoms with Crippen LogP contribution < -0.4 is 4.74 Å². The molecule has 0 fully saturated rings. The molecular formula is C13H13NO. The first-order valence-electron chi connectivity index (χ1n) is 4.88. The highest BCUT2D eigenvalue weighted by Crippen LogP contribution is 2.23. The molecule has 2 aromatic rings. The molecule has 15 heavy (non-hydrogen) atoms. The van der Waals surface area contributed by atoms with Crippen molar-refractivity contribution in [2.24, 2.45) is 0 Å². The molecule has 76 valence electrons. The number of pyridine rings is 1. The second kappa shape index (κ2) is 4.13. The molecule has 2 rings (SSSR count). The van der Waals surface area contributed by atoms with Gasteiger partial charge in [-0.2, -0.15) is 0 Å². The molecule has 1 aromatic heterocycles. The zero-order valence-electron chi connectivity index (χ0n) is 8.73. The summed E-state index contributed by atoms with van der Waals surface area (Å²) in [6.07, 6.45) is 1.78. The predicted octanol–water partition coefficient (Wildman–Crippen LogP) is 3.19. The highest BCUT2D eigenvalue weighted by atomic mass is 16.5. The number of rotatable bonds is 3. The molecule has 0 bridgehead atoms. The Morgan fingerprint density at radius 3 is 3.00 bits per heavy atom. The summed E-state index contributed by atoms with van der Waals surface area (Å²) in [4.78, 5) is 4.27. The third kappa shape index (κ3) is 2.15. The lowest BCUT2D eigenvalue weighted by atomic mass is 10.2. The quantitative estimate of drug-likeness (QED) is 0.708. The number of nitrogens with zero attached hydrogens (tertiary/aromatic N) is 1. The van der Waals surface area contributed by atoms with Gasteiger partial charge in [0.2, 0.25) is 0 Å². The van der Waals surface area contributed by atoms with Crippen LogP contribution in [0.4, 0.5) is 0 Å². The second-order valence-electron chi connectivity index (χ2n) is 3.57. The van der Waals surface area contributed by atoms with E-state index in [0.717, 1.165) is 22.2 Å². The van der Waals surface area contributed by atoms with Crippen LogP contribution in [-0.2, 0) is 0 Å². The largest absolute Gasteiger partial charge is 0.489 e. The van der Waals surface area contributed by atoms with Gasteiger partial charge >= 0.3 is 0 Å². The van der Waals surface area contributed by atoms with Gasteiger partial charge in [0.1, 0.15) is 12.4 Å². The molecule has 0 amide bonds. The van der Waals surface area contributed by atoms with E-state index in [1.54, 1.807) is 6.20 Å². The fourth-order valence-corrected chi connectivity index (χ4v) is 1.40. The maximum absolute atomic E-state index is 5.64. The number of hydrogen-bond acceptors (Lipinski definition) is 2. The van der Waals surface area contributed by atoms with Crippen molar-refractivity contribution in [3.8, 4) is 5.75 Å². The molecule has 0 spiro atoms. The minimum absolute atomic E-state index is 0.550. The Morgan fingerprint density at radius 1 is 1.33 bits per heavy atom. The van der Waals surface area contributed by atoms with Crippen molar-refractivity contribution in [2.75, 3.05) is 6.61 Å². The molecule has 0 radical (unpaired) electrons. The molecule has 0 aliphatic carbocycles. The van der Waals surface area contributed by atoms with Gasteiger partial charge in [0.25, 0.3) is 0 Å². The molecule has 0 saturated carbocycles. The zero-order chi connectivity index (χ0) is 10.7. The number of hydrogen-bond donors (Lipinski definition) is 0. The van der Waals surface area contributed by atoms with Gasteiger partial charge < -0.3 is 4.74 Å². The van der Waals surface area contributed by atoms with Crippen LogP contribution in [0, 0.1) is 0 Å². The van der Waals surface area contributed by atoms with E-state index >= 15 is 0 Å². The highest BCUT2D eigenvalue weighted by molar-refractivity contribution is 5.84. The van der Waals surface area contributed by atoms with Crippen LogP contribution in [0.15, 0.2) is 48.7 Å². The normalized spacial score (nSPS) is 10.2. The van der Waals surface area contributed by atoms with Gasteiger partial charge in [0, 0.05) is 11.6 Å². The molecule has 0 atom stereocenters. The Bertz CT molecular complexity index is 485. The Balaban J connectivity index is 2.38. The SMILES string of the molecule is C=C(C)COc1cccc2ncccc12. The van der Waals surface area contributed by atoms with Crippen molar-refractivity contribution in [3.05, 3.63) is 48.7 Å². The standard InChI is InChI=1S/C13H13NO/c1-10(2)9-15-13-7-3-6-12-11(13)5-4-8-14-12/h3-8H,1,9H2,2H3. The maximum Gasteiger partial charge on any atom is 0.129 e. The second-order valence-corrected chi connectivity index (χ2v) is 3.57. The van der Waals surface area contributed by atoms with Crippen LogP contribution in [0.3, 0.4) is 0 Å². The van der Waals surface area contributed by atoms with E-state index in [9.17, 15) is 0 Å². The van der Waals surface area contributed by atoms with Crippen LogP contribution in [-0.4, -0.2) is 11.6 Å². The van der Waals surface area contributed by atoms with E-state index in [2.05, 4.69) is 11.6 Å². The molecular weight excluding hydrogens is 186 g/mol. The summed E-state index contributed by atoms with van der Waals surface area (Å²) in [6, 6.07) is 9.80. The van der Waals surface area contributed by atoms with Crippen LogP contribution in [0.2, 0.25) is 0 Å². The average Bonchev–Trinajstić information content (AvgIpc) is 2.26. The smallest absolute Gasteiger partial charge is 0.129 e. The third-order valence-electron chi connectivity index (χ3n) is 2.08.